The second-order valence-corrected chi connectivity index (χ2v) is 7.29. The summed E-state index contributed by atoms with van der Waals surface area (Å²) in [6, 6.07) is 7.88. The maximum absolute atomic E-state index is 12.9. The Balaban J connectivity index is 1.69. The summed E-state index contributed by atoms with van der Waals surface area (Å²) in [5.41, 5.74) is 1.48. The summed E-state index contributed by atoms with van der Waals surface area (Å²) < 4.78 is 16.6. The second kappa shape index (κ2) is 7.72. The van der Waals surface area contributed by atoms with E-state index in [1.807, 2.05) is 43.0 Å². The van der Waals surface area contributed by atoms with Gasteiger partial charge in [0, 0.05) is 44.5 Å². The highest BCUT2D eigenvalue weighted by Gasteiger charge is 2.35. The van der Waals surface area contributed by atoms with Crippen molar-refractivity contribution in [2.75, 3.05) is 58.0 Å². The molecule has 2 aliphatic heterocycles. The van der Waals surface area contributed by atoms with E-state index in [-0.39, 0.29) is 17.6 Å². The van der Waals surface area contributed by atoms with Crippen LogP contribution in [0.5, 0.6) is 0 Å². The Morgan fingerprint density at radius 2 is 1.92 bits per heavy atom. The van der Waals surface area contributed by atoms with Crippen LogP contribution in [0.3, 0.4) is 0 Å². The number of hydrogen-bond donors (Lipinski definition) is 0. The second-order valence-electron chi connectivity index (χ2n) is 7.29. The molecule has 0 spiro atoms. The minimum atomic E-state index is -0.370. The molecule has 1 aromatic carbocycles. The average molecular weight is 348 g/mol. The summed E-state index contributed by atoms with van der Waals surface area (Å²) >= 11 is 0. The predicted octanol–water partition coefficient (Wildman–Crippen LogP) is 1.79. The molecule has 1 atom stereocenters. The maximum atomic E-state index is 12.9. The summed E-state index contributed by atoms with van der Waals surface area (Å²) in [6.45, 7) is 8.94. The molecule has 1 aromatic rings. The lowest BCUT2D eigenvalue weighted by Crippen LogP contribution is -2.55. The van der Waals surface area contributed by atoms with Gasteiger partial charge in [-0.05, 0) is 38.1 Å². The van der Waals surface area contributed by atoms with Crippen molar-refractivity contribution in [3.8, 4) is 0 Å². The molecule has 6 heteroatoms. The van der Waals surface area contributed by atoms with Gasteiger partial charge in [0.05, 0.1) is 31.5 Å². The predicted molar refractivity (Wildman–Crippen MR) is 96.2 cm³/mol. The number of carbonyl (C=O) groups excluding carboxylic acids is 1. The number of hydrogen-bond acceptors (Lipinski definition) is 5. The van der Waals surface area contributed by atoms with Crippen LogP contribution in [0.1, 0.15) is 24.2 Å². The van der Waals surface area contributed by atoms with Crippen molar-refractivity contribution >= 4 is 11.6 Å². The fraction of sp³-hybridized carbons (Fsp3) is 0.632. The zero-order valence-electron chi connectivity index (χ0n) is 15.4. The molecule has 0 N–H and O–H groups in total. The third-order valence-electron chi connectivity index (χ3n) is 4.61. The molecule has 2 fully saturated rings. The molecule has 1 amide bonds. The number of ether oxygens (including phenoxy) is 3. The topological polar surface area (TPSA) is 51.2 Å². The number of nitrogens with zero attached hydrogens (tertiary/aromatic N) is 2. The van der Waals surface area contributed by atoms with E-state index < -0.39 is 0 Å². The smallest absolute Gasteiger partial charge is 0.254 e. The Morgan fingerprint density at radius 3 is 2.56 bits per heavy atom. The Kier molecular flexibility index (Phi) is 5.61. The SMILES string of the molecule is COCC1CN(C(=O)c2ccc(N3CCOCC3)cc2)CC(C)(C)O1. The molecule has 6 nitrogen and oxygen atoms in total. The molecule has 3 rings (SSSR count). The monoisotopic (exact) mass is 348 g/mol. The Morgan fingerprint density at radius 1 is 1.24 bits per heavy atom. The van der Waals surface area contributed by atoms with Crippen LogP contribution in [0, 0.1) is 0 Å². The molecular weight excluding hydrogens is 320 g/mol. The summed E-state index contributed by atoms with van der Waals surface area (Å²) in [6.07, 6.45) is -0.0923. The zero-order valence-corrected chi connectivity index (χ0v) is 15.4. The van der Waals surface area contributed by atoms with Crippen LogP contribution < -0.4 is 4.90 Å². The normalized spacial score (nSPS) is 23.6. The molecule has 0 aromatic heterocycles. The van der Waals surface area contributed by atoms with E-state index in [0.29, 0.717) is 25.3 Å². The molecule has 2 saturated heterocycles. The molecular formula is C19H28N2O4. The van der Waals surface area contributed by atoms with E-state index in [0.717, 1.165) is 32.0 Å². The Bertz CT molecular complexity index is 582. The lowest BCUT2D eigenvalue weighted by molar-refractivity contribution is -0.143. The van der Waals surface area contributed by atoms with E-state index in [9.17, 15) is 4.79 Å². The first-order chi connectivity index (χ1) is 12.0. The van der Waals surface area contributed by atoms with E-state index in [1.54, 1.807) is 7.11 Å². The number of methoxy groups -OCH3 is 1. The highest BCUT2D eigenvalue weighted by molar-refractivity contribution is 5.94. The fourth-order valence-corrected chi connectivity index (χ4v) is 3.54. The summed E-state index contributed by atoms with van der Waals surface area (Å²) in [7, 11) is 1.65. The molecule has 2 heterocycles. The lowest BCUT2D eigenvalue weighted by atomic mass is 10.0. The van der Waals surface area contributed by atoms with Crippen molar-refractivity contribution < 1.29 is 19.0 Å². The maximum Gasteiger partial charge on any atom is 0.254 e. The zero-order chi connectivity index (χ0) is 17.9. The largest absolute Gasteiger partial charge is 0.382 e. The fourth-order valence-electron chi connectivity index (χ4n) is 3.54. The highest BCUT2D eigenvalue weighted by atomic mass is 16.5. The molecule has 25 heavy (non-hydrogen) atoms. The van der Waals surface area contributed by atoms with Gasteiger partial charge in [0.25, 0.3) is 5.91 Å². The lowest BCUT2D eigenvalue weighted by Gasteiger charge is -2.42. The van der Waals surface area contributed by atoms with Gasteiger partial charge in [-0.25, -0.2) is 0 Å². The number of anilines is 1. The first-order valence-electron chi connectivity index (χ1n) is 8.87. The van der Waals surface area contributed by atoms with Crippen molar-refractivity contribution in [3.05, 3.63) is 29.8 Å². The van der Waals surface area contributed by atoms with Crippen molar-refractivity contribution in [2.45, 2.75) is 25.6 Å². The molecule has 0 radical (unpaired) electrons. The number of carbonyl (C=O) groups is 1. The van der Waals surface area contributed by atoms with Crippen molar-refractivity contribution in [3.63, 3.8) is 0 Å². The van der Waals surface area contributed by atoms with E-state index in [2.05, 4.69) is 4.90 Å². The quantitative estimate of drug-likeness (QED) is 0.830. The Labute approximate surface area is 149 Å². The van der Waals surface area contributed by atoms with Gasteiger partial charge in [-0.3, -0.25) is 4.79 Å². The summed E-state index contributed by atoms with van der Waals surface area (Å²) in [5, 5.41) is 0. The molecule has 0 aliphatic carbocycles. The number of benzene rings is 1. The molecule has 0 bridgehead atoms. The van der Waals surface area contributed by atoms with Gasteiger partial charge in [0.1, 0.15) is 0 Å². The minimum absolute atomic E-state index is 0.0472. The van der Waals surface area contributed by atoms with Gasteiger partial charge in [-0.15, -0.1) is 0 Å². The van der Waals surface area contributed by atoms with Crippen molar-refractivity contribution in [2.24, 2.45) is 0 Å². The summed E-state index contributed by atoms with van der Waals surface area (Å²) in [5.74, 6) is 0.0472. The van der Waals surface area contributed by atoms with Gasteiger partial charge in [0.2, 0.25) is 0 Å². The van der Waals surface area contributed by atoms with Gasteiger partial charge in [-0.1, -0.05) is 0 Å². The van der Waals surface area contributed by atoms with Crippen molar-refractivity contribution in [1.29, 1.82) is 0 Å². The number of morpholine rings is 2. The van der Waals surface area contributed by atoms with Gasteiger partial charge >= 0.3 is 0 Å². The third kappa shape index (κ3) is 4.51. The van der Waals surface area contributed by atoms with Gasteiger partial charge < -0.3 is 24.0 Å². The standard InChI is InChI=1S/C19H28N2O4/c1-19(2)14-21(12-17(25-19)13-23-3)18(22)15-4-6-16(7-5-15)20-8-10-24-11-9-20/h4-7,17H,8-14H2,1-3H3. The van der Waals surface area contributed by atoms with Crippen LogP contribution in [-0.2, 0) is 14.2 Å². The average Bonchev–Trinajstić information content (AvgIpc) is 2.61. The highest BCUT2D eigenvalue weighted by Crippen LogP contribution is 2.24. The van der Waals surface area contributed by atoms with E-state index >= 15 is 0 Å². The summed E-state index contributed by atoms with van der Waals surface area (Å²) in [4.78, 5) is 17.1. The van der Waals surface area contributed by atoms with Crippen LogP contribution in [0.15, 0.2) is 24.3 Å². The number of rotatable bonds is 4. The Hall–Kier alpha value is -1.63. The van der Waals surface area contributed by atoms with Crippen LogP contribution in [0.4, 0.5) is 5.69 Å². The third-order valence-corrected chi connectivity index (χ3v) is 4.61. The molecule has 0 saturated carbocycles. The van der Waals surface area contributed by atoms with Crippen LogP contribution in [-0.4, -0.2) is 75.6 Å². The molecule has 138 valence electrons. The van der Waals surface area contributed by atoms with Crippen LogP contribution in [0.2, 0.25) is 0 Å². The first kappa shape index (κ1) is 18.2. The van der Waals surface area contributed by atoms with E-state index in [4.69, 9.17) is 14.2 Å². The van der Waals surface area contributed by atoms with Crippen molar-refractivity contribution in [1.82, 2.24) is 4.90 Å². The van der Waals surface area contributed by atoms with Gasteiger partial charge in [0.15, 0.2) is 0 Å². The van der Waals surface area contributed by atoms with E-state index in [1.165, 1.54) is 0 Å². The first-order valence-corrected chi connectivity index (χ1v) is 8.87. The van der Waals surface area contributed by atoms with Gasteiger partial charge in [-0.2, -0.15) is 0 Å². The van der Waals surface area contributed by atoms with Crippen LogP contribution >= 0.6 is 0 Å². The van der Waals surface area contributed by atoms with Crippen LogP contribution in [0.25, 0.3) is 0 Å². The minimum Gasteiger partial charge on any atom is -0.382 e. The molecule has 1 unspecified atom stereocenters. The number of amides is 1. The molecule has 2 aliphatic rings.